The molecule has 3 aromatic rings. The number of hydrogen-bond acceptors (Lipinski definition) is 6. The number of carbonyl (C=O) groups is 1. The van der Waals surface area contributed by atoms with Crippen molar-refractivity contribution in [3.8, 4) is 11.5 Å². The van der Waals surface area contributed by atoms with Gasteiger partial charge in [0.05, 0.1) is 5.69 Å². The molecular formula is C21H26N4O3. The average molecular weight is 382 g/mol. The zero-order valence-electron chi connectivity index (χ0n) is 16.6. The molecule has 0 saturated heterocycles. The summed E-state index contributed by atoms with van der Waals surface area (Å²) in [6, 6.07) is 8.02. The maximum Gasteiger partial charge on any atom is 0.226 e. The Morgan fingerprint density at radius 3 is 2.64 bits per heavy atom. The summed E-state index contributed by atoms with van der Waals surface area (Å²) in [4.78, 5) is 20.8. The van der Waals surface area contributed by atoms with E-state index in [0.717, 1.165) is 11.3 Å². The van der Waals surface area contributed by atoms with Crippen LogP contribution in [-0.4, -0.2) is 27.6 Å². The van der Waals surface area contributed by atoms with Crippen molar-refractivity contribution in [2.24, 2.45) is 0 Å². The van der Waals surface area contributed by atoms with Crippen LogP contribution < -0.4 is 5.32 Å². The summed E-state index contributed by atoms with van der Waals surface area (Å²) in [5.41, 5.74) is 2.96. The molecule has 0 spiro atoms. The fourth-order valence-corrected chi connectivity index (χ4v) is 2.67. The van der Waals surface area contributed by atoms with Crippen molar-refractivity contribution < 1.29 is 13.7 Å². The lowest BCUT2D eigenvalue weighted by Gasteiger charge is -2.02. The molecule has 2 aromatic heterocycles. The summed E-state index contributed by atoms with van der Waals surface area (Å²) in [5.74, 6) is 2.14. The molecule has 0 atom stereocenters. The zero-order chi connectivity index (χ0) is 19.9. The summed E-state index contributed by atoms with van der Waals surface area (Å²) in [6.45, 7) is 6.59. The van der Waals surface area contributed by atoms with Gasteiger partial charge in [0, 0.05) is 37.3 Å². The number of benzene rings is 1. The van der Waals surface area contributed by atoms with E-state index >= 15 is 0 Å². The smallest absolute Gasteiger partial charge is 0.226 e. The molecule has 0 aliphatic rings. The Kier molecular flexibility index (Phi) is 6.57. The van der Waals surface area contributed by atoms with Crippen molar-refractivity contribution in [1.82, 2.24) is 20.4 Å². The van der Waals surface area contributed by atoms with Crippen LogP contribution >= 0.6 is 0 Å². The van der Waals surface area contributed by atoms with Crippen molar-refractivity contribution in [2.75, 3.05) is 6.54 Å². The number of aryl methyl sites for hydroxylation is 2. The van der Waals surface area contributed by atoms with Gasteiger partial charge in [-0.05, 0) is 25.5 Å². The Labute approximate surface area is 164 Å². The highest BCUT2D eigenvalue weighted by Crippen LogP contribution is 2.19. The van der Waals surface area contributed by atoms with Crippen LogP contribution in [-0.2, 0) is 17.6 Å². The number of nitrogens with one attached hydrogen (secondary N) is 1. The van der Waals surface area contributed by atoms with E-state index in [1.807, 2.05) is 45.0 Å². The summed E-state index contributed by atoms with van der Waals surface area (Å²) in [6.07, 6.45) is 3.97. The Hall–Kier alpha value is -2.96. The van der Waals surface area contributed by atoms with Crippen molar-refractivity contribution >= 4 is 5.91 Å². The summed E-state index contributed by atoms with van der Waals surface area (Å²) < 4.78 is 10.7. The third kappa shape index (κ3) is 5.52. The first-order valence-electron chi connectivity index (χ1n) is 9.62. The first-order valence-corrected chi connectivity index (χ1v) is 9.62. The highest BCUT2D eigenvalue weighted by Gasteiger charge is 2.11. The highest BCUT2D eigenvalue weighted by molar-refractivity contribution is 5.75. The topological polar surface area (TPSA) is 94.1 Å². The molecule has 1 aromatic carbocycles. The lowest BCUT2D eigenvalue weighted by molar-refractivity contribution is -0.121. The van der Waals surface area contributed by atoms with Crippen LogP contribution in [0.5, 0.6) is 0 Å². The number of hydrogen-bond donors (Lipinski definition) is 1. The van der Waals surface area contributed by atoms with Gasteiger partial charge < -0.3 is 14.3 Å². The molecule has 2 heterocycles. The molecule has 0 aliphatic heterocycles. The highest BCUT2D eigenvalue weighted by atomic mass is 16.5. The minimum absolute atomic E-state index is 0.00542. The molecule has 7 heteroatoms. The van der Waals surface area contributed by atoms with Gasteiger partial charge >= 0.3 is 0 Å². The Morgan fingerprint density at radius 2 is 1.93 bits per heavy atom. The molecule has 148 valence electrons. The molecule has 0 fully saturated rings. The maximum atomic E-state index is 12.0. The van der Waals surface area contributed by atoms with Crippen LogP contribution in [0.1, 0.15) is 55.6 Å². The predicted molar refractivity (Wildman–Crippen MR) is 105 cm³/mol. The Bertz CT molecular complexity index is 897. The summed E-state index contributed by atoms with van der Waals surface area (Å²) in [7, 11) is 0. The maximum absolute atomic E-state index is 12.0. The van der Waals surface area contributed by atoms with Crippen molar-refractivity contribution in [2.45, 2.75) is 52.4 Å². The average Bonchev–Trinajstić information content (AvgIpc) is 3.32. The third-order valence-corrected chi connectivity index (χ3v) is 4.35. The van der Waals surface area contributed by atoms with E-state index in [4.69, 9.17) is 8.94 Å². The van der Waals surface area contributed by atoms with Gasteiger partial charge in [0.2, 0.25) is 17.7 Å². The molecule has 0 unspecified atom stereocenters. The van der Waals surface area contributed by atoms with Crippen LogP contribution in [0, 0.1) is 6.92 Å². The molecule has 1 amide bonds. The second kappa shape index (κ2) is 9.30. The predicted octanol–water partition coefficient (Wildman–Crippen LogP) is 3.84. The monoisotopic (exact) mass is 382 g/mol. The van der Waals surface area contributed by atoms with Crippen LogP contribution in [0.4, 0.5) is 0 Å². The van der Waals surface area contributed by atoms with Gasteiger partial charge in [-0.1, -0.05) is 36.7 Å². The molecule has 28 heavy (non-hydrogen) atoms. The molecule has 0 radical (unpaired) electrons. The van der Waals surface area contributed by atoms with Gasteiger partial charge in [0.25, 0.3) is 0 Å². The van der Waals surface area contributed by atoms with Crippen molar-refractivity contribution in [3.63, 3.8) is 0 Å². The van der Waals surface area contributed by atoms with Crippen molar-refractivity contribution in [3.05, 3.63) is 53.5 Å². The molecule has 1 N–H and O–H groups in total. The molecular weight excluding hydrogens is 356 g/mol. The summed E-state index contributed by atoms with van der Waals surface area (Å²) in [5, 5.41) is 6.83. The van der Waals surface area contributed by atoms with E-state index < -0.39 is 0 Å². The van der Waals surface area contributed by atoms with Gasteiger partial charge in [-0.25, -0.2) is 4.98 Å². The Morgan fingerprint density at radius 1 is 1.14 bits per heavy atom. The zero-order valence-corrected chi connectivity index (χ0v) is 16.6. The second-order valence-corrected chi connectivity index (χ2v) is 7.16. The number of amides is 1. The normalized spacial score (nSPS) is 11.1. The number of carbonyl (C=O) groups excluding carboxylic acids is 1. The fraction of sp³-hybridized carbons (Fsp3) is 0.429. The van der Waals surface area contributed by atoms with E-state index in [-0.39, 0.29) is 11.8 Å². The lowest BCUT2D eigenvalue weighted by atomic mass is 10.1. The quantitative estimate of drug-likeness (QED) is 0.604. The third-order valence-electron chi connectivity index (χ3n) is 4.35. The minimum Gasteiger partial charge on any atom is -0.444 e. The summed E-state index contributed by atoms with van der Waals surface area (Å²) >= 11 is 0. The lowest BCUT2D eigenvalue weighted by Crippen LogP contribution is -2.25. The van der Waals surface area contributed by atoms with Crippen molar-refractivity contribution in [1.29, 1.82) is 0 Å². The second-order valence-electron chi connectivity index (χ2n) is 7.16. The molecule has 0 saturated carbocycles. The van der Waals surface area contributed by atoms with E-state index in [1.54, 1.807) is 6.26 Å². The van der Waals surface area contributed by atoms with Crippen LogP contribution in [0.15, 0.2) is 39.5 Å². The van der Waals surface area contributed by atoms with Gasteiger partial charge in [-0.3, -0.25) is 4.79 Å². The van der Waals surface area contributed by atoms with Crippen LogP contribution in [0.3, 0.4) is 0 Å². The van der Waals surface area contributed by atoms with Gasteiger partial charge in [-0.2, -0.15) is 4.98 Å². The number of oxazole rings is 1. The van der Waals surface area contributed by atoms with E-state index in [0.29, 0.717) is 49.8 Å². The number of nitrogens with zero attached hydrogens (tertiary/aromatic N) is 3. The molecule has 3 rings (SSSR count). The van der Waals surface area contributed by atoms with E-state index in [1.165, 1.54) is 5.56 Å². The first kappa shape index (κ1) is 19.8. The molecule has 7 nitrogen and oxygen atoms in total. The van der Waals surface area contributed by atoms with E-state index in [2.05, 4.69) is 20.4 Å². The largest absolute Gasteiger partial charge is 0.444 e. The van der Waals surface area contributed by atoms with Gasteiger partial charge in [-0.15, -0.1) is 0 Å². The van der Waals surface area contributed by atoms with Crippen LogP contribution in [0.25, 0.3) is 11.5 Å². The standard InChI is InChI=1S/C21H26N4O3/c1-14(2)20-24-19(28-25-20)6-4-5-18(26)22-12-11-17-13-27-21(23-17)16-9-7-15(3)8-10-16/h7-10,13-14H,4-6,11-12H2,1-3H3,(H,22,26). The Balaban J connectivity index is 1.36. The van der Waals surface area contributed by atoms with E-state index in [9.17, 15) is 4.79 Å². The first-order chi connectivity index (χ1) is 13.5. The SMILES string of the molecule is Cc1ccc(-c2nc(CCNC(=O)CCCc3nc(C(C)C)no3)co2)cc1. The number of aromatic nitrogens is 3. The van der Waals surface area contributed by atoms with Gasteiger partial charge in [0.15, 0.2) is 5.82 Å². The minimum atomic E-state index is 0.00542. The number of rotatable bonds is 9. The fourth-order valence-electron chi connectivity index (χ4n) is 2.67. The molecule has 0 aliphatic carbocycles. The molecule has 0 bridgehead atoms. The van der Waals surface area contributed by atoms with Gasteiger partial charge in [0.1, 0.15) is 6.26 Å². The van der Waals surface area contributed by atoms with Crippen LogP contribution in [0.2, 0.25) is 0 Å².